The number of rotatable bonds is 9. The quantitative estimate of drug-likeness (QED) is 0.515. The van der Waals surface area contributed by atoms with Crippen molar-refractivity contribution in [3.63, 3.8) is 0 Å². The molecule has 0 bridgehead atoms. The second-order valence-electron chi connectivity index (χ2n) is 7.07. The van der Waals surface area contributed by atoms with E-state index in [0.29, 0.717) is 12.2 Å². The summed E-state index contributed by atoms with van der Waals surface area (Å²) in [6.45, 7) is 8.29. The third kappa shape index (κ3) is 6.09. The molecule has 1 fully saturated rings. The lowest BCUT2D eigenvalue weighted by Gasteiger charge is -2.12. The molecule has 1 aliphatic heterocycles. The highest BCUT2D eigenvalue weighted by molar-refractivity contribution is 5.70. The van der Waals surface area contributed by atoms with Crippen LogP contribution < -0.4 is 15.4 Å². The van der Waals surface area contributed by atoms with Gasteiger partial charge in [0.15, 0.2) is 0 Å². The van der Waals surface area contributed by atoms with E-state index in [1.807, 2.05) is 30.3 Å². The van der Waals surface area contributed by atoms with Gasteiger partial charge in [0.1, 0.15) is 12.4 Å². The number of hydrogen-bond donors (Lipinski definition) is 2. The zero-order valence-electron chi connectivity index (χ0n) is 16.2. The number of benzene rings is 2. The van der Waals surface area contributed by atoms with Gasteiger partial charge in [0.25, 0.3) is 0 Å². The normalized spacial score (nSPS) is 16.2. The van der Waals surface area contributed by atoms with Crippen molar-refractivity contribution in [1.29, 1.82) is 5.26 Å². The molecular weight excluding hydrogens is 346 g/mol. The lowest BCUT2D eigenvalue weighted by atomic mass is 10.1. The molecule has 4 nitrogen and oxygen atoms in total. The van der Waals surface area contributed by atoms with E-state index in [0.717, 1.165) is 49.0 Å². The van der Waals surface area contributed by atoms with Crippen LogP contribution in [0.15, 0.2) is 55.1 Å². The zero-order chi connectivity index (χ0) is 19.6. The zero-order valence-corrected chi connectivity index (χ0v) is 16.2. The average molecular weight is 374 g/mol. The summed E-state index contributed by atoms with van der Waals surface area (Å²) in [5.74, 6) is 1.57. The Kier molecular flexibility index (Phi) is 7.43. The van der Waals surface area contributed by atoms with Crippen LogP contribution in [0.3, 0.4) is 0 Å². The van der Waals surface area contributed by atoms with Crippen molar-refractivity contribution in [2.75, 3.05) is 26.2 Å². The molecule has 144 valence electrons. The average Bonchev–Trinajstić information content (AvgIpc) is 3.24. The van der Waals surface area contributed by atoms with Crippen LogP contribution in [-0.2, 0) is 6.54 Å². The Morgan fingerprint density at radius 3 is 2.71 bits per heavy atom. The number of nitrogens with zero attached hydrogens (tertiary/aromatic N) is 1. The van der Waals surface area contributed by atoms with Crippen LogP contribution in [0.1, 0.15) is 28.7 Å². The Hall–Kier alpha value is -2.87. The Morgan fingerprint density at radius 2 is 2.00 bits per heavy atom. The summed E-state index contributed by atoms with van der Waals surface area (Å²) in [7, 11) is 0. The Morgan fingerprint density at radius 1 is 1.18 bits per heavy atom. The van der Waals surface area contributed by atoms with Crippen LogP contribution in [0.2, 0.25) is 0 Å². The molecule has 4 heteroatoms. The van der Waals surface area contributed by atoms with Crippen molar-refractivity contribution in [3.8, 4) is 11.8 Å². The third-order valence-corrected chi connectivity index (χ3v) is 4.79. The van der Waals surface area contributed by atoms with Gasteiger partial charge in [-0.2, -0.15) is 5.26 Å². The van der Waals surface area contributed by atoms with Gasteiger partial charge in [0, 0.05) is 6.54 Å². The molecule has 1 atom stereocenters. The molecule has 0 aromatic heterocycles. The minimum absolute atomic E-state index is 0.489. The van der Waals surface area contributed by atoms with Gasteiger partial charge in [0.2, 0.25) is 0 Å². The highest BCUT2D eigenvalue weighted by Gasteiger charge is 2.13. The van der Waals surface area contributed by atoms with Gasteiger partial charge in [-0.25, -0.2) is 0 Å². The number of ether oxygens (including phenoxy) is 1. The summed E-state index contributed by atoms with van der Waals surface area (Å²) in [6, 6.07) is 16.0. The Labute approximate surface area is 167 Å². The number of hydrogen-bond acceptors (Lipinski definition) is 4. The molecule has 0 amide bonds. The first-order chi connectivity index (χ1) is 13.8. The fraction of sp³-hybridized carbons (Fsp3) is 0.292. The standard InChI is InChI=1S/C24H27N3O/c1-2-11-28-24-13-21(8-5-19-3-6-20(15-25)7-4-19)12-23(14-24)18-27-17-22-9-10-26-16-22/h2-8,12-14,22,26-27H,1,9-11,16-18H2/b8-5+. The topological polar surface area (TPSA) is 57.1 Å². The molecule has 0 aliphatic carbocycles. The highest BCUT2D eigenvalue weighted by Crippen LogP contribution is 2.20. The maximum absolute atomic E-state index is 8.91. The summed E-state index contributed by atoms with van der Waals surface area (Å²) < 4.78 is 5.77. The molecule has 3 rings (SSSR count). The van der Waals surface area contributed by atoms with E-state index in [-0.39, 0.29) is 0 Å². The van der Waals surface area contributed by atoms with Gasteiger partial charge >= 0.3 is 0 Å². The molecule has 2 aromatic carbocycles. The molecule has 28 heavy (non-hydrogen) atoms. The van der Waals surface area contributed by atoms with Crippen LogP contribution in [-0.4, -0.2) is 26.2 Å². The van der Waals surface area contributed by atoms with Crippen LogP contribution in [0.25, 0.3) is 12.2 Å². The van der Waals surface area contributed by atoms with Gasteiger partial charge in [-0.1, -0.05) is 43.0 Å². The predicted octanol–water partition coefficient (Wildman–Crippen LogP) is 3.99. The van der Waals surface area contributed by atoms with E-state index < -0.39 is 0 Å². The van der Waals surface area contributed by atoms with E-state index >= 15 is 0 Å². The summed E-state index contributed by atoms with van der Waals surface area (Å²) >= 11 is 0. The molecule has 0 spiro atoms. The first-order valence-electron chi connectivity index (χ1n) is 9.74. The monoisotopic (exact) mass is 373 g/mol. The number of nitriles is 1. The van der Waals surface area contributed by atoms with E-state index in [4.69, 9.17) is 10.00 Å². The molecule has 1 saturated heterocycles. The lowest BCUT2D eigenvalue weighted by Crippen LogP contribution is -2.24. The van der Waals surface area contributed by atoms with Gasteiger partial charge in [-0.05, 0) is 72.9 Å². The van der Waals surface area contributed by atoms with Crippen LogP contribution in [0, 0.1) is 17.2 Å². The molecule has 0 radical (unpaired) electrons. The minimum Gasteiger partial charge on any atom is -0.490 e. The van der Waals surface area contributed by atoms with Crippen molar-refractivity contribution in [1.82, 2.24) is 10.6 Å². The van der Waals surface area contributed by atoms with Crippen molar-refractivity contribution in [2.24, 2.45) is 5.92 Å². The Bertz CT molecular complexity index is 843. The first kappa shape index (κ1) is 19.9. The predicted molar refractivity (Wildman–Crippen MR) is 115 cm³/mol. The molecular formula is C24H27N3O. The third-order valence-electron chi connectivity index (χ3n) is 4.79. The first-order valence-corrected chi connectivity index (χ1v) is 9.74. The van der Waals surface area contributed by atoms with Crippen molar-refractivity contribution < 1.29 is 4.74 Å². The van der Waals surface area contributed by atoms with Crippen molar-refractivity contribution in [2.45, 2.75) is 13.0 Å². The van der Waals surface area contributed by atoms with Gasteiger partial charge in [0.05, 0.1) is 11.6 Å². The van der Waals surface area contributed by atoms with Gasteiger partial charge in [-0.15, -0.1) is 0 Å². The van der Waals surface area contributed by atoms with Gasteiger partial charge in [-0.3, -0.25) is 0 Å². The molecule has 2 aromatic rings. The molecule has 1 aliphatic rings. The van der Waals surface area contributed by atoms with E-state index in [1.165, 1.54) is 12.0 Å². The van der Waals surface area contributed by atoms with Crippen molar-refractivity contribution >= 4 is 12.2 Å². The smallest absolute Gasteiger partial charge is 0.120 e. The van der Waals surface area contributed by atoms with Gasteiger partial charge < -0.3 is 15.4 Å². The van der Waals surface area contributed by atoms with Crippen LogP contribution in [0.4, 0.5) is 0 Å². The van der Waals surface area contributed by atoms with E-state index in [2.05, 4.69) is 47.6 Å². The fourth-order valence-corrected chi connectivity index (χ4v) is 3.29. The molecule has 1 unspecified atom stereocenters. The van der Waals surface area contributed by atoms with Crippen LogP contribution >= 0.6 is 0 Å². The summed E-state index contributed by atoms with van der Waals surface area (Å²) in [6.07, 6.45) is 7.13. The maximum Gasteiger partial charge on any atom is 0.120 e. The van der Waals surface area contributed by atoms with E-state index in [1.54, 1.807) is 6.08 Å². The second kappa shape index (κ2) is 10.5. The summed E-state index contributed by atoms with van der Waals surface area (Å²) in [5, 5.41) is 15.9. The second-order valence-corrected chi connectivity index (χ2v) is 7.07. The molecule has 1 heterocycles. The molecule has 2 N–H and O–H groups in total. The Balaban J connectivity index is 1.69. The summed E-state index contributed by atoms with van der Waals surface area (Å²) in [5.41, 5.74) is 4.02. The maximum atomic E-state index is 8.91. The molecule has 0 saturated carbocycles. The van der Waals surface area contributed by atoms with Crippen LogP contribution in [0.5, 0.6) is 5.75 Å². The largest absolute Gasteiger partial charge is 0.490 e. The SMILES string of the molecule is C=CCOc1cc(/C=C/c2ccc(C#N)cc2)cc(CNCC2CCNC2)c1. The highest BCUT2D eigenvalue weighted by atomic mass is 16.5. The fourth-order valence-electron chi connectivity index (χ4n) is 3.29. The summed E-state index contributed by atoms with van der Waals surface area (Å²) in [4.78, 5) is 0. The lowest BCUT2D eigenvalue weighted by molar-refractivity contribution is 0.362. The van der Waals surface area contributed by atoms with Crippen molar-refractivity contribution in [3.05, 3.63) is 77.4 Å². The minimum atomic E-state index is 0.489. The van der Waals surface area contributed by atoms with E-state index in [9.17, 15) is 0 Å². The number of nitrogens with one attached hydrogen (secondary N) is 2.